The Morgan fingerprint density at radius 2 is 2.20 bits per heavy atom. The number of benzene rings is 1. The lowest BCUT2D eigenvalue weighted by Crippen LogP contribution is -2.44. The Kier molecular flexibility index (Phi) is 5.09. The van der Waals surface area contributed by atoms with Gasteiger partial charge in [-0.2, -0.15) is 10.2 Å². The summed E-state index contributed by atoms with van der Waals surface area (Å²) in [6.07, 6.45) is 4.55. The normalized spacial score (nSPS) is 16.8. The molecule has 7 nitrogen and oxygen atoms in total. The van der Waals surface area contributed by atoms with Crippen LogP contribution in [0, 0.1) is 11.3 Å². The van der Waals surface area contributed by atoms with Gasteiger partial charge in [0, 0.05) is 12.1 Å². The van der Waals surface area contributed by atoms with Crippen molar-refractivity contribution in [3.63, 3.8) is 0 Å². The van der Waals surface area contributed by atoms with Crippen molar-refractivity contribution in [2.45, 2.75) is 18.9 Å². The van der Waals surface area contributed by atoms with E-state index in [9.17, 15) is 4.79 Å². The van der Waals surface area contributed by atoms with Crippen LogP contribution in [0.25, 0.3) is 0 Å². The summed E-state index contributed by atoms with van der Waals surface area (Å²) < 4.78 is 10.9. The Morgan fingerprint density at radius 3 is 3.00 bits per heavy atom. The van der Waals surface area contributed by atoms with Crippen LogP contribution in [-0.2, 0) is 0 Å². The molecular weight excluding hydrogens is 320 g/mol. The van der Waals surface area contributed by atoms with Crippen LogP contribution in [0.5, 0.6) is 11.8 Å². The number of nitriles is 1. The maximum absolute atomic E-state index is 12.7. The first-order valence-electron chi connectivity index (χ1n) is 8.01. The van der Waals surface area contributed by atoms with Crippen molar-refractivity contribution in [2.24, 2.45) is 0 Å². The molecule has 1 amide bonds. The number of carbonyl (C=O) groups is 1. The maximum atomic E-state index is 12.7. The number of aromatic nitrogens is 2. The lowest BCUT2D eigenvalue weighted by Gasteiger charge is -2.32. The molecule has 0 radical (unpaired) electrons. The van der Waals surface area contributed by atoms with Crippen molar-refractivity contribution in [3.8, 4) is 17.8 Å². The van der Waals surface area contributed by atoms with Crippen LogP contribution < -0.4 is 9.47 Å². The summed E-state index contributed by atoms with van der Waals surface area (Å²) in [6, 6.07) is 8.79. The van der Waals surface area contributed by atoms with Crippen molar-refractivity contribution < 1.29 is 14.3 Å². The van der Waals surface area contributed by atoms with Gasteiger partial charge in [-0.3, -0.25) is 9.78 Å². The fourth-order valence-electron chi connectivity index (χ4n) is 2.78. The van der Waals surface area contributed by atoms with Crippen molar-refractivity contribution in [1.29, 1.82) is 5.26 Å². The quantitative estimate of drug-likeness (QED) is 0.847. The molecule has 1 unspecified atom stereocenters. The SMILES string of the molecule is COc1cncc(OC2CCCN(C(=O)c3cccc(C#N)c3)C2)n1. The Morgan fingerprint density at radius 1 is 1.36 bits per heavy atom. The van der Waals surface area contributed by atoms with Gasteiger partial charge in [-0.05, 0) is 31.0 Å². The minimum Gasteiger partial charge on any atom is -0.480 e. The van der Waals surface area contributed by atoms with Crippen molar-refractivity contribution in [3.05, 3.63) is 47.8 Å². The molecule has 1 aliphatic heterocycles. The highest BCUT2D eigenvalue weighted by Gasteiger charge is 2.26. The standard InChI is InChI=1S/C18H18N4O3/c1-24-16-10-20-11-17(21-16)25-15-6-3-7-22(12-15)18(23)14-5-2-4-13(8-14)9-19/h2,4-5,8,10-11,15H,3,6-7,12H2,1H3. The molecule has 25 heavy (non-hydrogen) atoms. The predicted molar refractivity (Wildman–Crippen MR) is 89.3 cm³/mol. The third-order valence-electron chi connectivity index (χ3n) is 3.99. The van der Waals surface area contributed by atoms with Crippen molar-refractivity contribution in [2.75, 3.05) is 20.2 Å². The monoisotopic (exact) mass is 338 g/mol. The second-order valence-electron chi connectivity index (χ2n) is 5.73. The molecule has 3 rings (SSSR count). The number of likely N-dealkylation sites (tertiary alicyclic amines) is 1. The van der Waals surface area contributed by atoms with E-state index in [0.717, 1.165) is 12.8 Å². The van der Waals surface area contributed by atoms with E-state index in [1.807, 2.05) is 0 Å². The van der Waals surface area contributed by atoms with Crippen LogP contribution in [-0.4, -0.2) is 47.1 Å². The minimum atomic E-state index is -0.154. The van der Waals surface area contributed by atoms with Gasteiger partial charge < -0.3 is 14.4 Å². The molecule has 128 valence electrons. The van der Waals surface area contributed by atoms with Gasteiger partial charge in [0.05, 0.1) is 37.7 Å². The van der Waals surface area contributed by atoms with Crippen LogP contribution in [0.3, 0.4) is 0 Å². The van der Waals surface area contributed by atoms with E-state index in [1.165, 1.54) is 19.5 Å². The maximum Gasteiger partial charge on any atom is 0.254 e. The Labute approximate surface area is 145 Å². The van der Waals surface area contributed by atoms with Crippen molar-refractivity contribution >= 4 is 5.91 Å². The van der Waals surface area contributed by atoms with Crippen molar-refractivity contribution in [1.82, 2.24) is 14.9 Å². The van der Waals surface area contributed by atoms with Gasteiger partial charge in [0.2, 0.25) is 11.8 Å². The average Bonchev–Trinajstić information content (AvgIpc) is 2.68. The van der Waals surface area contributed by atoms with Gasteiger partial charge in [0.25, 0.3) is 5.91 Å². The molecule has 1 aromatic heterocycles. The van der Waals surface area contributed by atoms with Gasteiger partial charge in [-0.15, -0.1) is 0 Å². The molecule has 7 heteroatoms. The molecule has 2 aromatic rings. The molecule has 0 aliphatic carbocycles. The minimum absolute atomic E-state index is 0.0953. The van der Waals surface area contributed by atoms with E-state index < -0.39 is 0 Å². The van der Waals surface area contributed by atoms with E-state index in [0.29, 0.717) is 36.0 Å². The largest absolute Gasteiger partial charge is 0.480 e. The third kappa shape index (κ3) is 4.04. The number of hydrogen-bond donors (Lipinski definition) is 0. The fourth-order valence-corrected chi connectivity index (χ4v) is 2.78. The summed E-state index contributed by atoms with van der Waals surface area (Å²) in [4.78, 5) is 22.6. The van der Waals surface area contributed by atoms with E-state index in [-0.39, 0.29) is 12.0 Å². The van der Waals surface area contributed by atoms with Crippen LogP contribution in [0.15, 0.2) is 36.7 Å². The Balaban J connectivity index is 1.68. The summed E-state index contributed by atoms with van der Waals surface area (Å²) in [6.45, 7) is 1.13. The number of ether oxygens (including phenoxy) is 2. The smallest absolute Gasteiger partial charge is 0.254 e. The zero-order valence-corrected chi connectivity index (χ0v) is 13.9. The van der Waals surface area contributed by atoms with Crippen LogP contribution >= 0.6 is 0 Å². The molecule has 1 atom stereocenters. The van der Waals surface area contributed by atoms with E-state index in [4.69, 9.17) is 14.7 Å². The van der Waals surface area contributed by atoms with Gasteiger partial charge in [-0.25, -0.2) is 0 Å². The summed E-state index contributed by atoms with van der Waals surface area (Å²) in [5.41, 5.74) is 0.989. The fraction of sp³-hybridized carbons (Fsp3) is 0.333. The molecule has 1 aromatic carbocycles. The van der Waals surface area contributed by atoms with Gasteiger partial charge in [0.1, 0.15) is 6.10 Å². The van der Waals surface area contributed by atoms with E-state index in [1.54, 1.807) is 29.2 Å². The number of carbonyl (C=O) groups excluding carboxylic acids is 1. The van der Waals surface area contributed by atoms with Crippen LogP contribution in [0.1, 0.15) is 28.8 Å². The first-order valence-corrected chi connectivity index (χ1v) is 8.01. The molecule has 1 aliphatic rings. The predicted octanol–water partition coefficient (Wildman–Crippen LogP) is 2.04. The topological polar surface area (TPSA) is 88.3 Å². The molecule has 1 fully saturated rings. The summed E-state index contributed by atoms with van der Waals surface area (Å²) in [7, 11) is 1.52. The molecule has 0 spiro atoms. The van der Waals surface area contributed by atoms with Crippen LogP contribution in [0.2, 0.25) is 0 Å². The van der Waals surface area contributed by atoms with Gasteiger partial charge in [-0.1, -0.05) is 6.07 Å². The lowest BCUT2D eigenvalue weighted by atomic mass is 10.1. The van der Waals surface area contributed by atoms with Crippen LogP contribution in [0.4, 0.5) is 0 Å². The highest BCUT2D eigenvalue weighted by molar-refractivity contribution is 5.94. The highest BCUT2D eigenvalue weighted by atomic mass is 16.5. The highest BCUT2D eigenvalue weighted by Crippen LogP contribution is 2.19. The first kappa shape index (κ1) is 16.7. The Bertz CT molecular complexity index is 803. The summed E-state index contributed by atoms with van der Waals surface area (Å²) >= 11 is 0. The number of methoxy groups -OCH3 is 1. The number of rotatable bonds is 4. The number of amides is 1. The summed E-state index contributed by atoms with van der Waals surface area (Å²) in [5, 5.41) is 8.99. The van der Waals surface area contributed by atoms with E-state index in [2.05, 4.69) is 16.0 Å². The van der Waals surface area contributed by atoms with E-state index >= 15 is 0 Å². The number of piperidine rings is 1. The zero-order valence-electron chi connectivity index (χ0n) is 13.9. The number of nitrogens with zero attached hydrogens (tertiary/aromatic N) is 4. The zero-order chi connectivity index (χ0) is 17.6. The second kappa shape index (κ2) is 7.62. The number of hydrogen-bond acceptors (Lipinski definition) is 6. The summed E-state index contributed by atoms with van der Waals surface area (Å²) in [5.74, 6) is 0.668. The molecule has 0 N–H and O–H groups in total. The van der Waals surface area contributed by atoms with Gasteiger partial charge >= 0.3 is 0 Å². The Hall–Kier alpha value is -3.14. The third-order valence-corrected chi connectivity index (χ3v) is 3.99. The molecule has 0 saturated carbocycles. The molecule has 1 saturated heterocycles. The van der Waals surface area contributed by atoms with Gasteiger partial charge in [0.15, 0.2) is 0 Å². The molecule has 2 heterocycles. The molecular formula is C18H18N4O3. The lowest BCUT2D eigenvalue weighted by molar-refractivity contribution is 0.0525. The first-order chi connectivity index (χ1) is 12.2. The average molecular weight is 338 g/mol. The molecule has 0 bridgehead atoms. The second-order valence-corrected chi connectivity index (χ2v) is 5.73.